The molecular formula is C16H34N4O3. The number of aliphatic carboxylic acids is 1. The van der Waals surface area contributed by atoms with Crippen molar-refractivity contribution in [2.24, 2.45) is 16.5 Å². The summed E-state index contributed by atoms with van der Waals surface area (Å²) in [5.74, 6) is -0.510. The molecule has 7 nitrogen and oxygen atoms in total. The quantitative estimate of drug-likeness (QED) is 0.167. The molecule has 0 atom stereocenters. The van der Waals surface area contributed by atoms with E-state index in [0.29, 0.717) is 6.42 Å². The first kappa shape index (κ1) is 23.5. The van der Waals surface area contributed by atoms with E-state index in [9.17, 15) is 9.59 Å². The molecule has 1 amide bonds. The molecule has 0 fully saturated rings. The van der Waals surface area contributed by atoms with E-state index in [1.165, 1.54) is 19.3 Å². The number of carboxylic acid groups (broad SMARTS) is 1. The lowest BCUT2D eigenvalue weighted by molar-refractivity contribution is -0.137. The standard InChI is InChI=1S/C12H23NO3.C4H11N3/c14-11-13-10-8-6-4-2-1-3-5-7-9-12(15)16;1-2-3-7-4(5)6/h11H,1-10H2,(H,13,14)(H,15,16);2-3H2,1H3,(H4,5,6,7). The number of hydrogen-bond donors (Lipinski definition) is 4. The van der Waals surface area contributed by atoms with Crippen LogP contribution in [0.3, 0.4) is 0 Å². The van der Waals surface area contributed by atoms with Gasteiger partial charge >= 0.3 is 5.97 Å². The van der Waals surface area contributed by atoms with Gasteiger partial charge in [0, 0.05) is 19.5 Å². The molecule has 6 N–H and O–H groups in total. The van der Waals surface area contributed by atoms with Crippen LogP contribution in [0.4, 0.5) is 0 Å². The molecule has 0 unspecified atom stereocenters. The van der Waals surface area contributed by atoms with Crippen LogP contribution in [0.15, 0.2) is 4.99 Å². The lowest BCUT2D eigenvalue weighted by Gasteiger charge is -2.01. The number of nitrogens with zero attached hydrogens (tertiary/aromatic N) is 1. The molecule has 0 saturated carbocycles. The van der Waals surface area contributed by atoms with Crippen molar-refractivity contribution in [3.63, 3.8) is 0 Å². The maximum atomic E-state index is 10.2. The molecule has 0 spiro atoms. The van der Waals surface area contributed by atoms with Gasteiger partial charge < -0.3 is 21.9 Å². The van der Waals surface area contributed by atoms with Gasteiger partial charge in [-0.3, -0.25) is 14.6 Å². The van der Waals surface area contributed by atoms with Crippen LogP contribution < -0.4 is 16.8 Å². The Morgan fingerprint density at radius 1 is 1.04 bits per heavy atom. The van der Waals surface area contributed by atoms with E-state index in [1.807, 2.05) is 6.92 Å². The predicted octanol–water partition coefficient (Wildman–Crippen LogP) is 2.00. The van der Waals surface area contributed by atoms with Crippen LogP contribution >= 0.6 is 0 Å². The Morgan fingerprint density at radius 2 is 1.57 bits per heavy atom. The topological polar surface area (TPSA) is 131 Å². The number of aliphatic imine (C=N–C) groups is 1. The molecule has 0 aliphatic rings. The third-order valence-electron chi connectivity index (χ3n) is 3.06. The molecule has 0 aliphatic heterocycles. The Kier molecular flexibility index (Phi) is 20.6. The van der Waals surface area contributed by atoms with E-state index in [2.05, 4.69) is 10.3 Å². The smallest absolute Gasteiger partial charge is 0.303 e. The first-order chi connectivity index (χ1) is 11.0. The molecule has 0 aromatic heterocycles. The molecule has 0 saturated heterocycles. The molecule has 0 radical (unpaired) electrons. The van der Waals surface area contributed by atoms with Crippen molar-refractivity contribution >= 4 is 18.3 Å². The van der Waals surface area contributed by atoms with Crippen LogP contribution in [0.2, 0.25) is 0 Å². The van der Waals surface area contributed by atoms with Gasteiger partial charge in [-0.1, -0.05) is 45.4 Å². The van der Waals surface area contributed by atoms with Crippen molar-refractivity contribution in [2.45, 2.75) is 71.1 Å². The highest BCUT2D eigenvalue weighted by Gasteiger charge is 1.96. The van der Waals surface area contributed by atoms with Gasteiger partial charge in [0.1, 0.15) is 0 Å². The summed E-state index contributed by atoms with van der Waals surface area (Å²) in [6.07, 6.45) is 10.8. The lowest BCUT2D eigenvalue weighted by Crippen LogP contribution is -2.22. The number of carboxylic acids is 1. The highest BCUT2D eigenvalue weighted by molar-refractivity contribution is 5.75. The molecule has 7 heteroatoms. The van der Waals surface area contributed by atoms with Crippen molar-refractivity contribution in [3.8, 4) is 0 Å². The second kappa shape index (κ2) is 20.2. The van der Waals surface area contributed by atoms with Gasteiger partial charge in [0.05, 0.1) is 0 Å². The number of amides is 1. The molecule has 0 aromatic rings. The third kappa shape index (κ3) is 29.0. The summed E-state index contributed by atoms with van der Waals surface area (Å²) in [6.45, 7) is 3.54. The number of guanidine groups is 1. The van der Waals surface area contributed by atoms with E-state index in [0.717, 1.165) is 58.0 Å². The second-order valence-electron chi connectivity index (χ2n) is 5.35. The third-order valence-corrected chi connectivity index (χ3v) is 3.06. The Labute approximate surface area is 139 Å². The molecular weight excluding hydrogens is 296 g/mol. The number of carbonyl (C=O) groups is 2. The minimum atomic E-state index is -0.692. The lowest BCUT2D eigenvalue weighted by atomic mass is 10.1. The van der Waals surface area contributed by atoms with Crippen molar-refractivity contribution in [1.82, 2.24) is 5.32 Å². The van der Waals surface area contributed by atoms with E-state index in [-0.39, 0.29) is 5.96 Å². The zero-order valence-corrected chi connectivity index (χ0v) is 14.4. The van der Waals surface area contributed by atoms with Crippen molar-refractivity contribution in [2.75, 3.05) is 13.1 Å². The maximum Gasteiger partial charge on any atom is 0.303 e. The van der Waals surface area contributed by atoms with Crippen LogP contribution in [0.1, 0.15) is 71.1 Å². The Bertz CT molecular complexity index is 306. The van der Waals surface area contributed by atoms with Crippen molar-refractivity contribution in [1.29, 1.82) is 0 Å². The Balaban J connectivity index is 0. The number of nitrogens with two attached hydrogens (primary N) is 2. The highest BCUT2D eigenvalue weighted by Crippen LogP contribution is 2.09. The number of rotatable bonds is 14. The molecule has 0 bridgehead atoms. The van der Waals surface area contributed by atoms with Gasteiger partial charge in [0.2, 0.25) is 6.41 Å². The largest absolute Gasteiger partial charge is 0.481 e. The molecule has 0 aliphatic carbocycles. The van der Waals surface area contributed by atoms with Crippen LogP contribution in [0.5, 0.6) is 0 Å². The summed E-state index contributed by atoms with van der Waals surface area (Å²) >= 11 is 0. The predicted molar refractivity (Wildman–Crippen MR) is 94.2 cm³/mol. The summed E-state index contributed by atoms with van der Waals surface area (Å²) in [4.78, 5) is 23.9. The van der Waals surface area contributed by atoms with Gasteiger partial charge in [-0.15, -0.1) is 0 Å². The molecule has 0 heterocycles. The number of carbonyl (C=O) groups excluding carboxylic acids is 1. The fourth-order valence-electron chi connectivity index (χ4n) is 1.86. The van der Waals surface area contributed by atoms with E-state index in [1.54, 1.807) is 0 Å². The summed E-state index contributed by atoms with van der Waals surface area (Å²) in [5.41, 5.74) is 10.0. The molecule has 0 rings (SSSR count). The van der Waals surface area contributed by atoms with E-state index in [4.69, 9.17) is 16.6 Å². The monoisotopic (exact) mass is 330 g/mol. The molecule has 136 valence electrons. The van der Waals surface area contributed by atoms with Crippen molar-refractivity contribution < 1.29 is 14.7 Å². The minimum absolute atomic E-state index is 0.182. The van der Waals surface area contributed by atoms with Gasteiger partial charge in [-0.05, 0) is 19.3 Å². The number of nitrogens with one attached hydrogen (secondary N) is 1. The Hall–Kier alpha value is -1.79. The SMILES string of the molecule is CCCN=C(N)N.O=CNCCCCCCCCCCC(=O)O. The first-order valence-corrected chi connectivity index (χ1v) is 8.48. The van der Waals surface area contributed by atoms with Crippen LogP contribution in [0.25, 0.3) is 0 Å². The zero-order valence-electron chi connectivity index (χ0n) is 14.4. The number of hydrogen-bond acceptors (Lipinski definition) is 3. The van der Waals surface area contributed by atoms with Gasteiger partial charge in [0.15, 0.2) is 5.96 Å². The zero-order chi connectivity index (χ0) is 17.8. The van der Waals surface area contributed by atoms with Crippen LogP contribution in [-0.2, 0) is 9.59 Å². The maximum absolute atomic E-state index is 10.2. The van der Waals surface area contributed by atoms with Crippen molar-refractivity contribution in [3.05, 3.63) is 0 Å². The van der Waals surface area contributed by atoms with Crippen LogP contribution in [-0.4, -0.2) is 36.5 Å². The highest BCUT2D eigenvalue weighted by atomic mass is 16.4. The molecule has 0 aromatic carbocycles. The van der Waals surface area contributed by atoms with E-state index >= 15 is 0 Å². The fourth-order valence-corrected chi connectivity index (χ4v) is 1.86. The second-order valence-corrected chi connectivity index (χ2v) is 5.35. The average Bonchev–Trinajstić information content (AvgIpc) is 2.51. The summed E-state index contributed by atoms with van der Waals surface area (Å²) < 4.78 is 0. The normalized spacial score (nSPS) is 9.43. The van der Waals surface area contributed by atoms with Gasteiger partial charge in [-0.25, -0.2) is 0 Å². The summed E-state index contributed by atoms with van der Waals surface area (Å²) in [5, 5.41) is 11.1. The first-order valence-electron chi connectivity index (χ1n) is 8.48. The number of unbranched alkanes of at least 4 members (excludes halogenated alkanes) is 7. The summed E-state index contributed by atoms with van der Waals surface area (Å²) in [7, 11) is 0. The summed E-state index contributed by atoms with van der Waals surface area (Å²) in [6, 6.07) is 0. The fraction of sp³-hybridized carbons (Fsp3) is 0.812. The molecule has 23 heavy (non-hydrogen) atoms. The van der Waals surface area contributed by atoms with Crippen LogP contribution in [0, 0.1) is 0 Å². The minimum Gasteiger partial charge on any atom is -0.481 e. The van der Waals surface area contributed by atoms with E-state index < -0.39 is 5.97 Å². The van der Waals surface area contributed by atoms with Gasteiger partial charge in [-0.2, -0.15) is 0 Å². The Morgan fingerprint density at radius 3 is 1.96 bits per heavy atom. The average molecular weight is 330 g/mol. The van der Waals surface area contributed by atoms with Gasteiger partial charge in [0.25, 0.3) is 0 Å².